The zero-order chi connectivity index (χ0) is 17.9. The highest BCUT2D eigenvalue weighted by Gasteiger charge is 2.32. The van der Waals surface area contributed by atoms with Crippen LogP contribution in [-0.4, -0.2) is 51.4 Å². The minimum atomic E-state index is 0.118. The molecule has 2 fully saturated rings. The number of carbonyl (C=O) groups excluding carboxylic acids is 1. The van der Waals surface area contributed by atoms with Crippen molar-refractivity contribution in [3.8, 4) is 0 Å². The molecule has 0 aliphatic carbocycles. The Morgan fingerprint density at radius 3 is 3.12 bits per heavy atom. The molecule has 7 heteroatoms. The van der Waals surface area contributed by atoms with Gasteiger partial charge in [0.15, 0.2) is 5.65 Å². The lowest BCUT2D eigenvalue weighted by atomic mass is 9.83. The molecule has 2 aromatic heterocycles. The van der Waals surface area contributed by atoms with Crippen LogP contribution in [-0.2, 0) is 11.2 Å². The van der Waals surface area contributed by atoms with Crippen LogP contribution in [0, 0.1) is 5.92 Å². The third-order valence-corrected chi connectivity index (χ3v) is 6.17. The number of nitrogens with zero attached hydrogens (tertiary/aromatic N) is 3. The predicted molar refractivity (Wildman–Crippen MR) is 105 cm³/mol. The highest BCUT2D eigenvalue weighted by molar-refractivity contribution is 9.10. The molecule has 2 aliphatic rings. The van der Waals surface area contributed by atoms with Gasteiger partial charge >= 0.3 is 0 Å². The summed E-state index contributed by atoms with van der Waals surface area (Å²) in [5.74, 6) is 1.55. The number of fused-ring (bicyclic) bond motifs is 2. The number of carbonyl (C=O) groups is 1. The van der Waals surface area contributed by atoms with Crippen LogP contribution in [0.3, 0.4) is 0 Å². The van der Waals surface area contributed by atoms with E-state index < -0.39 is 0 Å². The summed E-state index contributed by atoms with van der Waals surface area (Å²) in [4.78, 5) is 26.9. The van der Waals surface area contributed by atoms with Gasteiger partial charge in [0.05, 0.1) is 5.52 Å². The molecule has 26 heavy (non-hydrogen) atoms. The topological polar surface area (TPSA) is 73.9 Å². The van der Waals surface area contributed by atoms with Gasteiger partial charge in [0, 0.05) is 36.1 Å². The molecular weight excluding hydrogens is 394 g/mol. The molecule has 0 bridgehead atoms. The van der Waals surface area contributed by atoms with E-state index in [1.54, 1.807) is 6.20 Å². The maximum Gasteiger partial charge on any atom is 0.220 e. The zero-order valence-corrected chi connectivity index (χ0v) is 16.6. The Morgan fingerprint density at radius 1 is 1.31 bits per heavy atom. The summed E-state index contributed by atoms with van der Waals surface area (Å²) in [6.45, 7) is 3.30. The molecule has 2 saturated heterocycles. The van der Waals surface area contributed by atoms with Crippen LogP contribution in [0.2, 0.25) is 0 Å². The molecule has 6 nitrogen and oxygen atoms in total. The van der Waals surface area contributed by atoms with Gasteiger partial charge in [-0.15, -0.1) is 0 Å². The molecule has 2 N–H and O–H groups in total. The largest absolute Gasteiger partial charge is 0.356 e. The van der Waals surface area contributed by atoms with Crippen molar-refractivity contribution in [1.82, 2.24) is 25.2 Å². The monoisotopic (exact) mass is 419 g/mol. The fourth-order valence-corrected chi connectivity index (χ4v) is 4.75. The van der Waals surface area contributed by atoms with E-state index in [-0.39, 0.29) is 5.91 Å². The Hall–Kier alpha value is -1.47. The minimum absolute atomic E-state index is 0.118. The van der Waals surface area contributed by atoms with E-state index in [1.165, 1.54) is 45.2 Å². The van der Waals surface area contributed by atoms with Gasteiger partial charge in [-0.25, -0.2) is 9.97 Å². The quantitative estimate of drug-likeness (QED) is 0.780. The highest BCUT2D eigenvalue weighted by atomic mass is 79.9. The minimum Gasteiger partial charge on any atom is -0.356 e. The number of rotatable bonds is 5. The first-order valence-electron chi connectivity index (χ1n) is 9.70. The predicted octanol–water partition coefficient (Wildman–Crippen LogP) is 3.03. The van der Waals surface area contributed by atoms with E-state index in [0.717, 1.165) is 22.4 Å². The van der Waals surface area contributed by atoms with Gasteiger partial charge in [-0.2, -0.15) is 0 Å². The number of hydrogen-bond acceptors (Lipinski definition) is 4. The number of aromatic amines is 1. The van der Waals surface area contributed by atoms with Crippen LogP contribution in [0.1, 0.15) is 44.3 Å². The summed E-state index contributed by atoms with van der Waals surface area (Å²) >= 11 is 3.41. The van der Waals surface area contributed by atoms with Crippen molar-refractivity contribution in [3.63, 3.8) is 0 Å². The van der Waals surface area contributed by atoms with Gasteiger partial charge < -0.3 is 15.2 Å². The smallest absolute Gasteiger partial charge is 0.220 e. The second kappa shape index (κ2) is 8.05. The Bertz CT molecular complexity index is 774. The molecule has 140 valence electrons. The number of piperidine rings is 2. The van der Waals surface area contributed by atoms with Crippen molar-refractivity contribution in [2.45, 2.75) is 51.0 Å². The van der Waals surface area contributed by atoms with Crippen molar-refractivity contribution in [1.29, 1.82) is 0 Å². The molecule has 1 amide bonds. The standard InChI is InChI=1S/C19H26BrN5O/c20-14-10-15-19(22-12-14)24-17(23-15)6-7-18(26)21-11-13-4-3-9-25-8-2-1-5-16(13)25/h10,12-13,16H,1-9,11H2,(H,21,26)(H,22,23,24)/t13-,16+/m1/s1. The number of aryl methyl sites for hydroxylation is 1. The van der Waals surface area contributed by atoms with Crippen molar-refractivity contribution in [2.75, 3.05) is 19.6 Å². The summed E-state index contributed by atoms with van der Waals surface area (Å²) in [6, 6.07) is 2.63. The molecule has 2 aromatic rings. The number of nitrogens with one attached hydrogen (secondary N) is 2. The van der Waals surface area contributed by atoms with Gasteiger partial charge in [0.25, 0.3) is 0 Å². The third-order valence-electron chi connectivity index (χ3n) is 5.73. The summed E-state index contributed by atoms with van der Waals surface area (Å²) in [5, 5.41) is 3.17. The first-order valence-corrected chi connectivity index (χ1v) is 10.5. The third kappa shape index (κ3) is 4.09. The van der Waals surface area contributed by atoms with Crippen LogP contribution in [0.5, 0.6) is 0 Å². The molecule has 0 spiro atoms. The van der Waals surface area contributed by atoms with E-state index in [1.807, 2.05) is 6.07 Å². The number of pyridine rings is 1. The number of H-pyrrole nitrogens is 1. The van der Waals surface area contributed by atoms with E-state index in [4.69, 9.17) is 0 Å². The average Bonchev–Trinajstić information content (AvgIpc) is 3.06. The fourth-order valence-electron chi connectivity index (χ4n) is 4.42. The number of aromatic nitrogens is 3. The molecule has 4 rings (SSSR count). The van der Waals surface area contributed by atoms with Crippen molar-refractivity contribution < 1.29 is 4.79 Å². The molecular formula is C19H26BrN5O. The number of halogens is 1. The SMILES string of the molecule is O=C(CCc1nc2ncc(Br)cc2[nH]1)NC[C@H]1CCCN2CCCC[C@@H]12. The Kier molecular flexibility index (Phi) is 5.55. The number of hydrogen-bond donors (Lipinski definition) is 2. The highest BCUT2D eigenvalue weighted by Crippen LogP contribution is 2.30. The molecule has 0 radical (unpaired) electrons. The molecule has 0 unspecified atom stereocenters. The lowest BCUT2D eigenvalue weighted by Crippen LogP contribution is -2.51. The van der Waals surface area contributed by atoms with Gasteiger partial charge in [-0.05, 0) is 66.7 Å². The average molecular weight is 420 g/mol. The second-order valence-corrected chi connectivity index (χ2v) is 8.43. The Balaban J connectivity index is 1.27. The lowest BCUT2D eigenvalue weighted by Gasteiger charge is -2.44. The molecule has 4 heterocycles. The second-order valence-electron chi connectivity index (χ2n) is 7.51. The van der Waals surface area contributed by atoms with E-state index >= 15 is 0 Å². The summed E-state index contributed by atoms with van der Waals surface area (Å²) < 4.78 is 0.919. The lowest BCUT2D eigenvalue weighted by molar-refractivity contribution is -0.121. The van der Waals surface area contributed by atoms with Crippen LogP contribution in [0.15, 0.2) is 16.7 Å². The van der Waals surface area contributed by atoms with Crippen LogP contribution >= 0.6 is 15.9 Å². The summed E-state index contributed by atoms with van der Waals surface area (Å²) in [7, 11) is 0. The van der Waals surface area contributed by atoms with Crippen molar-refractivity contribution in [3.05, 3.63) is 22.6 Å². The first kappa shape index (κ1) is 17.9. The van der Waals surface area contributed by atoms with Gasteiger partial charge in [0.2, 0.25) is 5.91 Å². The Labute approximate surface area is 162 Å². The maximum absolute atomic E-state index is 12.3. The van der Waals surface area contributed by atoms with E-state index in [2.05, 4.69) is 41.1 Å². The number of imidazole rings is 1. The van der Waals surface area contributed by atoms with E-state index in [0.29, 0.717) is 30.4 Å². The molecule has 2 atom stereocenters. The summed E-state index contributed by atoms with van der Waals surface area (Å²) in [5.41, 5.74) is 1.59. The van der Waals surface area contributed by atoms with E-state index in [9.17, 15) is 4.79 Å². The van der Waals surface area contributed by atoms with Crippen LogP contribution in [0.25, 0.3) is 11.2 Å². The van der Waals surface area contributed by atoms with Gasteiger partial charge in [-0.1, -0.05) is 6.42 Å². The van der Waals surface area contributed by atoms with Crippen molar-refractivity contribution >= 4 is 33.0 Å². The maximum atomic E-state index is 12.3. The van der Waals surface area contributed by atoms with Crippen LogP contribution in [0.4, 0.5) is 0 Å². The fraction of sp³-hybridized carbons (Fsp3) is 0.632. The molecule has 0 aromatic carbocycles. The Morgan fingerprint density at radius 2 is 2.19 bits per heavy atom. The van der Waals surface area contributed by atoms with Crippen molar-refractivity contribution in [2.24, 2.45) is 5.92 Å². The van der Waals surface area contributed by atoms with Crippen LogP contribution < -0.4 is 5.32 Å². The van der Waals surface area contributed by atoms with Gasteiger partial charge in [-0.3, -0.25) is 4.79 Å². The first-order chi connectivity index (χ1) is 12.7. The van der Waals surface area contributed by atoms with Gasteiger partial charge in [0.1, 0.15) is 5.82 Å². The molecule has 2 aliphatic heterocycles. The number of amides is 1. The summed E-state index contributed by atoms with van der Waals surface area (Å²) in [6.07, 6.45) is 9.27. The zero-order valence-electron chi connectivity index (χ0n) is 15.0. The molecule has 0 saturated carbocycles. The normalized spacial score (nSPS) is 23.7.